The molecule has 1 fully saturated rings. The molecule has 1 aliphatic carbocycles. The first-order chi connectivity index (χ1) is 24.1. The predicted octanol–water partition coefficient (Wildman–Crippen LogP) is 10.5. The molecule has 1 saturated heterocycles. The Kier molecular flexibility index (Phi) is 5.96. The van der Waals surface area contributed by atoms with E-state index in [1.54, 1.807) is 0 Å². The maximum absolute atomic E-state index is 6.84. The molecule has 5 heteroatoms. The van der Waals surface area contributed by atoms with Crippen molar-refractivity contribution in [2.45, 2.75) is 58.2 Å². The molecular weight excluding hydrogens is 611 g/mol. The second-order valence-electron chi connectivity index (χ2n) is 15.6. The molecule has 50 heavy (non-hydrogen) atoms. The molecule has 0 atom stereocenters. The Bertz CT molecular complexity index is 2680. The lowest BCUT2D eigenvalue weighted by Crippen LogP contribution is -2.41. The number of para-hydroxylation sites is 3. The zero-order valence-corrected chi connectivity index (χ0v) is 29.4. The van der Waals surface area contributed by atoms with Gasteiger partial charge in [-0.05, 0) is 92.3 Å². The van der Waals surface area contributed by atoms with Crippen LogP contribution in [0.2, 0.25) is 0 Å². The molecule has 2 aromatic heterocycles. The van der Waals surface area contributed by atoms with Crippen LogP contribution in [0, 0.1) is 0 Å². The Morgan fingerprint density at radius 3 is 1.84 bits per heavy atom. The summed E-state index contributed by atoms with van der Waals surface area (Å²) in [6.45, 7) is 13.3. The van der Waals surface area contributed by atoms with Crippen LogP contribution in [0.15, 0.2) is 127 Å². The molecule has 0 saturated carbocycles. The van der Waals surface area contributed by atoms with E-state index in [1.165, 1.54) is 65.9 Å². The highest BCUT2D eigenvalue weighted by Gasteiger charge is 2.53. The molecule has 3 heterocycles. The van der Waals surface area contributed by atoms with Crippen molar-refractivity contribution in [2.75, 3.05) is 0 Å². The normalized spacial score (nSPS) is 17.3. The monoisotopic (exact) mass is 650 g/mol. The van der Waals surface area contributed by atoms with Gasteiger partial charge in [-0.3, -0.25) is 0 Å². The first-order valence-electron chi connectivity index (χ1n) is 17.7. The lowest BCUT2D eigenvalue weighted by molar-refractivity contribution is 0.00578. The van der Waals surface area contributed by atoms with Crippen molar-refractivity contribution in [2.24, 2.45) is 0 Å². The number of aromatic nitrogens is 2. The van der Waals surface area contributed by atoms with Gasteiger partial charge in [0.25, 0.3) is 0 Å². The van der Waals surface area contributed by atoms with Crippen molar-refractivity contribution >= 4 is 56.2 Å². The maximum Gasteiger partial charge on any atom is 0.495 e. The minimum Gasteiger partial charge on any atom is -0.399 e. The molecular formula is C45H39BN2O2. The molecule has 4 nitrogen and oxygen atoms in total. The van der Waals surface area contributed by atoms with Crippen molar-refractivity contribution in [3.05, 3.63) is 139 Å². The Labute approximate surface area is 293 Å². The van der Waals surface area contributed by atoms with Crippen molar-refractivity contribution in [3.63, 3.8) is 0 Å². The van der Waals surface area contributed by atoms with Crippen LogP contribution < -0.4 is 5.46 Å². The summed E-state index contributed by atoms with van der Waals surface area (Å²) in [4.78, 5) is 0. The van der Waals surface area contributed by atoms with Crippen molar-refractivity contribution < 1.29 is 9.31 Å². The van der Waals surface area contributed by atoms with Gasteiger partial charge in [-0.25, -0.2) is 0 Å². The van der Waals surface area contributed by atoms with E-state index in [0.717, 1.165) is 16.8 Å². The summed E-state index contributed by atoms with van der Waals surface area (Å²) >= 11 is 0. The number of fused-ring (bicyclic) bond motifs is 10. The Morgan fingerprint density at radius 1 is 0.500 bits per heavy atom. The summed E-state index contributed by atoms with van der Waals surface area (Å²) < 4.78 is 18.6. The van der Waals surface area contributed by atoms with E-state index in [2.05, 4.69) is 178 Å². The minimum absolute atomic E-state index is 0.202. The Morgan fingerprint density at radius 2 is 1.10 bits per heavy atom. The fourth-order valence-electron chi connectivity index (χ4n) is 8.73. The van der Waals surface area contributed by atoms with E-state index in [0.29, 0.717) is 0 Å². The number of benzene rings is 6. The van der Waals surface area contributed by atoms with Crippen molar-refractivity contribution in [1.82, 2.24) is 9.13 Å². The molecule has 0 unspecified atom stereocenters. The zero-order valence-electron chi connectivity index (χ0n) is 29.4. The fraction of sp³-hybridized carbons (Fsp3) is 0.200. The molecule has 244 valence electrons. The highest BCUT2D eigenvalue weighted by molar-refractivity contribution is 6.66. The number of rotatable bonds is 3. The minimum atomic E-state index is -0.502. The van der Waals surface area contributed by atoms with Crippen LogP contribution in [-0.2, 0) is 14.7 Å². The lowest BCUT2D eigenvalue weighted by Gasteiger charge is -2.32. The quantitative estimate of drug-likeness (QED) is 0.178. The van der Waals surface area contributed by atoms with Gasteiger partial charge >= 0.3 is 7.12 Å². The van der Waals surface area contributed by atoms with Crippen LogP contribution in [-0.4, -0.2) is 27.5 Å². The standard InChI is InChI=1S/C45H39BN2O2/c1-43(2)34-21-13-10-19-31(34)40-35(43)27-36(46-49-44(3,4)45(5,6)50-46)41-32-20-12-15-23-38(32)48(42(40)41)29-24-25-39-33(26-29)30-18-11-14-22-37(30)47(39)28-16-8-7-9-17-28/h7-27H,1-6H3. The lowest BCUT2D eigenvalue weighted by atomic mass is 9.72. The number of hydrogen-bond donors (Lipinski definition) is 0. The zero-order chi connectivity index (χ0) is 34.2. The number of nitrogens with zero attached hydrogens (tertiary/aromatic N) is 2. The van der Waals surface area contributed by atoms with E-state index in [4.69, 9.17) is 9.31 Å². The summed E-state index contributed by atoms with van der Waals surface area (Å²) in [5.74, 6) is 0. The van der Waals surface area contributed by atoms with Gasteiger partial charge in [0.1, 0.15) is 0 Å². The average molecular weight is 651 g/mol. The third kappa shape index (κ3) is 3.85. The molecule has 1 aliphatic heterocycles. The van der Waals surface area contributed by atoms with E-state index in [-0.39, 0.29) is 5.41 Å². The molecule has 0 radical (unpaired) electrons. The first kappa shape index (κ1) is 29.8. The molecule has 6 aromatic carbocycles. The van der Waals surface area contributed by atoms with Crippen LogP contribution in [0.4, 0.5) is 0 Å². The topological polar surface area (TPSA) is 28.3 Å². The van der Waals surface area contributed by atoms with Crippen LogP contribution in [0.1, 0.15) is 52.7 Å². The molecule has 8 aromatic rings. The SMILES string of the molecule is CC1(C)c2ccccc2-c2c1cc(B1OC(C)(C)C(C)(C)O1)c1c3ccccc3n(-c3ccc4c(c3)c3ccccc3n4-c3ccccc3)c21. The van der Waals surface area contributed by atoms with Gasteiger partial charge in [0.2, 0.25) is 0 Å². The van der Waals surface area contributed by atoms with Gasteiger partial charge in [-0.15, -0.1) is 0 Å². The molecule has 0 N–H and O–H groups in total. The highest BCUT2D eigenvalue weighted by atomic mass is 16.7. The molecule has 0 spiro atoms. The van der Waals surface area contributed by atoms with Gasteiger partial charge in [-0.1, -0.05) is 98.8 Å². The first-order valence-corrected chi connectivity index (χ1v) is 17.7. The van der Waals surface area contributed by atoms with E-state index >= 15 is 0 Å². The van der Waals surface area contributed by atoms with E-state index < -0.39 is 18.3 Å². The largest absolute Gasteiger partial charge is 0.495 e. The van der Waals surface area contributed by atoms with Gasteiger partial charge < -0.3 is 18.4 Å². The van der Waals surface area contributed by atoms with Gasteiger partial charge in [-0.2, -0.15) is 0 Å². The van der Waals surface area contributed by atoms with Gasteiger partial charge in [0.05, 0.1) is 33.3 Å². The summed E-state index contributed by atoms with van der Waals surface area (Å²) in [5, 5.41) is 4.86. The molecule has 0 bridgehead atoms. The average Bonchev–Trinajstić information content (AvgIpc) is 3.77. The van der Waals surface area contributed by atoms with Crippen LogP contribution in [0.5, 0.6) is 0 Å². The Hall–Kier alpha value is -5.10. The summed E-state index contributed by atoms with van der Waals surface area (Å²) in [7, 11) is -0.502. The molecule has 0 amide bonds. The number of hydrogen-bond acceptors (Lipinski definition) is 2. The third-order valence-electron chi connectivity index (χ3n) is 11.9. The molecule has 2 aliphatic rings. The fourth-order valence-corrected chi connectivity index (χ4v) is 8.73. The van der Waals surface area contributed by atoms with Crippen LogP contribution in [0.25, 0.3) is 66.1 Å². The van der Waals surface area contributed by atoms with E-state index in [9.17, 15) is 0 Å². The highest BCUT2D eigenvalue weighted by Crippen LogP contribution is 2.53. The summed E-state index contributed by atoms with van der Waals surface area (Å²) in [6.07, 6.45) is 0. The van der Waals surface area contributed by atoms with E-state index in [1.807, 2.05) is 0 Å². The van der Waals surface area contributed by atoms with Crippen molar-refractivity contribution in [1.29, 1.82) is 0 Å². The summed E-state index contributed by atoms with van der Waals surface area (Å²) in [5.41, 5.74) is 12.3. The van der Waals surface area contributed by atoms with Crippen LogP contribution >= 0.6 is 0 Å². The molecule has 10 rings (SSSR count). The second kappa shape index (κ2) is 10.00. The second-order valence-corrected chi connectivity index (χ2v) is 15.6. The van der Waals surface area contributed by atoms with Gasteiger partial charge in [0, 0.05) is 43.9 Å². The van der Waals surface area contributed by atoms with Crippen LogP contribution in [0.3, 0.4) is 0 Å². The van der Waals surface area contributed by atoms with Gasteiger partial charge in [0.15, 0.2) is 0 Å². The smallest absolute Gasteiger partial charge is 0.399 e. The van der Waals surface area contributed by atoms with Crippen molar-refractivity contribution in [3.8, 4) is 22.5 Å². The summed E-state index contributed by atoms with van der Waals surface area (Å²) in [6, 6.07) is 46.6. The third-order valence-corrected chi connectivity index (χ3v) is 11.9. The predicted molar refractivity (Wildman–Crippen MR) is 208 cm³/mol. The maximum atomic E-state index is 6.84. The Balaban J connectivity index is 1.34.